The van der Waals surface area contributed by atoms with Crippen LogP contribution in [0, 0.1) is 18.8 Å². The zero-order valence-corrected chi connectivity index (χ0v) is 13.3. The van der Waals surface area contributed by atoms with Gasteiger partial charge in [-0.1, -0.05) is 31.2 Å². The summed E-state index contributed by atoms with van der Waals surface area (Å²) in [5, 5.41) is 2.95. The molecule has 1 saturated heterocycles. The highest BCUT2D eigenvalue weighted by molar-refractivity contribution is 5.79. The lowest BCUT2D eigenvalue weighted by molar-refractivity contribution is -0.124. The molecule has 120 valence electrons. The molecule has 2 amide bonds. The Morgan fingerprint density at radius 1 is 1.32 bits per heavy atom. The van der Waals surface area contributed by atoms with Crippen LogP contribution in [0.1, 0.15) is 18.1 Å². The van der Waals surface area contributed by atoms with E-state index < -0.39 is 0 Å². The van der Waals surface area contributed by atoms with Crippen LogP contribution in [0.15, 0.2) is 24.3 Å². The van der Waals surface area contributed by atoms with Crippen molar-refractivity contribution in [1.82, 2.24) is 10.2 Å². The summed E-state index contributed by atoms with van der Waals surface area (Å²) in [7, 11) is 0. The molecule has 0 saturated carbocycles. The van der Waals surface area contributed by atoms with Crippen LogP contribution in [0.2, 0.25) is 0 Å². The van der Waals surface area contributed by atoms with Crippen LogP contribution in [0.4, 0.5) is 0 Å². The van der Waals surface area contributed by atoms with Gasteiger partial charge in [0.2, 0.25) is 11.8 Å². The monoisotopic (exact) mass is 303 g/mol. The fourth-order valence-electron chi connectivity index (χ4n) is 3.05. The second-order valence-electron chi connectivity index (χ2n) is 6.21. The van der Waals surface area contributed by atoms with Crippen molar-refractivity contribution < 1.29 is 9.59 Å². The van der Waals surface area contributed by atoms with Crippen molar-refractivity contribution in [2.45, 2.75) is 20.3 Å². The van der Waals surface area contributed by atoms with Gasteiger partial charge < -0.3 is 11.1 Å². The quantitative estimate of drug-likeness (QED) is 0.812. The van der Waals surface area contributed by atoms with Gasteiger partial charge in [0.25, 0.3) is 0 Å². The molecule has 1 aliphatic rings. The summed E-state index contributed by atoms with van der Waals surface area (Å²) in [4.78, 5) is 25.3. The third kappa shape index (κ3) is 4.31. The summed E-state index contributed by atoms with van der Waals surface area (Å²) >= 11 is 0. The molecule has 1 aliphatic heterocycles. The summed E-state index contributed by atoms with van der Waals surface area (Å²) in [6.45, 7) is 6.38. The van der Waals surface area contributed by atoms with E-state index in [1.165, 1.54) is 11.1 Å². The Bertz CT molecular complexity index is 544. The molecule has 22 heavy (non-hydrogen) atoms. The standard InChI is InChI=1S/C17H25N3O2/c1-12-5-3-4-6-14(12)7-8-19-16(21)11-20-9-13(2)15(10-20)17(18)22/h3-6,13,15H,7-11H2,1-2H3,(H2,18,22)(H,19,21)/t13-,15-/m1/s1. The molecule has 2 atom stereocenters. The van der Waals surface area contributed by atoms with E-state index in [9.17, 15) is 9.59 Å². The summed E-state index contributed by atoms with van der Waals surface area (Å²) < 4.78 is 0. The van der Waals surface area contributed by atoms with Gasteiger partial charge in [-0.25, -0.2) is 0 Å². The molecular weight excluding hydrogens is 278 g/mol. The van der Waals surface area contributed by atoms with E-state index in [2.05, 4.69) is 24.4 Å². The molecule has 5 heteroatoms. The molecular formula is C17H25N3O2. The van der Waals surface area contributed by atoms with Gasteiger partial charge >= 0.3 is 0 Å². The van der Waals surface area contributed by atoms with E-state index in [1.54, 1.807) is 0 Å². The maximum Gasteiger partial charge on any atom is 0.234 e. The molecule has 3 N–H and O–H groups in total. The van der Waals surface area contributed by atoms with E-state index in [1.807, 2.05) is 24.0 Å². The van der Waals surface area contributed by atoms with Crippen LogP contribution in [0.3, 0.4) is 0 Å². The van der Waals surface area contributed by atoms with Gasteiger partial charge in [0.05, 0.1) is 12.5 Å². The summed E-state index contributed by atoms with van der Waals surface area (Å²) in [6.07, 6.45) is 0.832. The van der Waals surface area contributed by atoms with Crippen molar-refractivity contribution in [3.63, 3.8) is 0 Å². The average molecular weight is 303 g/mol. The van der Waals surface area contributed by atoms with E-state index in [0.29, 0.717) is 19.6 Å². The zero-order valence-electron chi connectivity index (χ0n) is 13.3. The number of rotatable bonds is 6. The smallest absolute Gasteiger partial charge is 0.234 e. The van der Waals surface area contributed by atoms with Crippen LogP contribution < -0.4 is 11.1 Å². The molecule has 0 unspecified atom stereocenters. The maximum absolute atomic E-state index is 12.0. The molecule has 1 fully saturated rings. The third-order valence-corrected chi connectivity index (χ3v) is 4.40. The van der Waals surface area contributed by atoms with Crippen molar-refractivity contribution in [2.24, 2.45) is 17.6 Å². The highest BCUT2D eigenvalue weighted by Crippen LogP contribution is 2.21. The first-order valence-electron chi connectivity index (χ1n) is 7.80. The van der Waals surface area contributed by atoms with Crippen molar-refractivity contribution in [3.8, 4) is 0 Å². The van der Waals surface area contributed by atoms with Crippen LogP contribution in [0.5, 0.6) is 0 Å². The maximum atomic E-state index is 12.0. The first-order chi connectivity index (χ1) is 10.5. The second kappa shape index (κ2) is 7.40. The Kier molecular flexibility index (Phi) is 5.55. The van der Waals surface area contributed by atoms with Crippen LogP contribution in [-0.4, -0.2) is 42.9 Å². The van der Waals surface area contributed by atoms with E-state index >= 15 is 0 Å². The number of nitrogens with two attached hydrogens (primary N) is 1. The molecule has 2 rings (SSSR count). The van der Waals surface area contributed by atoms with Gasteiger partial charge in [0, 0.05) is 19.6 Å². The summed E-state index contributed by atoms with van der Waals surface area (Å²) in [5.74, 6) is -0.182. The highest BCUT2D eigenvalue weighted by Gasteiger charge is 2.33. The molecule has 0 aromatic heterocycles. The number of benzene rings is 1. The van der Waals surface area contributed by atoms with Crippen molar-refractivity contribution in [2.75, 3.05) is 26.2 Å². The first-order valence-corrected chi connectivity index (χ1v) is 7.80. The van der Waals surface area contributed by atoms with E-state index in [4.69, 9.17) is 5.73 Å². The molecule has 1 aromatic rings. The number of hydrogen-bond acceptors (Lipinski definition) is 3. The Hall–Kier alpha value is -1.88. The van der Waals surface area contributed by atoms with E-state index in [0.717, 1.165) is 13.0 Å². The second-order valence-corrected chi connectivity index (χ2v) is 6.21. The molecule has 0 radical (unpaired) electrons. The molecule has 1 aromatic carbocycles. The molecule has 1 heterocycles. The van der Waals surface area contributed by atoms with Gasteiger partial charge in [0.15, 0.2) is 0 Å². The van der Waals surface area contributed by atoms with Gasteiger partial charge in [-0.15, -0.1) is 0 Å². The number of nitrogens with zero attached hydrogens (tertiary/aromatic N) is 1. The van der Waals surface area contributed by atoms with Crippen molar-refractivity contribution >= 4 is 11.8 Å². The van der Waals surface area contributed by atoms with Crippen LogP contribution >= 0.6 is 0 Å². The van der Waals surface area contributed by atoms with Crippen molar-refractivity contribution in [3.05, 3.63) is 35.4 Å². The Balaban J connectivity index is 1.73. The SMILES string of the molecule is Cc1ccccc1CCNC(=O)CN1C[C@@H](C)[C@H](C(N)=O)C1. The highest BCUT2D eigenvalue weighted by atomic mass is 16.2. The number of nitrogens with one attached hydrogen (secondary N) is 1. The van der Waals surface area contributed by atoms with Crippen LogP contribution in [-0.2, 0) is 16.0 Å². The number of hydrogen-bond donors (Lipinski definition) is 2. The molecule has 0 spiro atoms. The number of amides is 2. The minimum Gasteiger partial charge on any atom is -0.369 e. The number of carbonyl (C=O) groups excluding carboxylic acids is 2. The Morgan fingerprint density at radius 2 is 2.05 bits per heavy atom. The minimum absolute atomic E-state index is 0.00547. The number of aryl methyl sites for hydroxylation is 1. The molecule has 5 nitrogen and oxygen atoms in total. The van der Waals surface area contributed by atoms with Crippen molar-refractivity contribution in [1.29, 1.82) is 0 Å². The van der Waals surface area contributed by atoms with Gasteiger partial charge in [-0.3, -0.25) is 14.5 Å². The fourth-order valence-corrected chi connectivity index (χ4v) is 3.05. The third-order valence-electron chi connectivity index (χ3n) is 4.40. The summed E-state index contributed by atoms with van der Waals surface area (Å²) in [5.41, 5.74) is 7.87. The lowest BCUT2D eigenvalue weighted by Crippen LogP contribution is -2.37. The van der Waals surface area contributed by atoms with E-state index in [-0.39, 0.29) is 23.7 Å². The summed E-state index contributed by atoms with van der Waals surface area (Å²) in [6, 6.07) is 8.19. The minimum atomic E-state index is -0.269. The van der Waals surface area contributed by atoms with Gasteiger partial charge in [-0.05, 0) is 30.4 Å². The molecule has 0 bridgehead atoms. The predicted octanol–water partition coefficient (Wildman–Crippen LogP) is 0.707. The lowest BCUT2D eigenvalue weighted by Gasteiger charge is -2.15. The Morgan fingerprint density at radius 3 is 2.68 bits per heavy atom. The van der Waals surface area contributed by atoms with Gasteiger partial charge in [0.1, 0.15) is 0 Å². The number of likely N-dealkylation sites (tertiary alicyclic amines) is 1. The fraction of sp³-hybridized carbons (Fsp3) is 0.529. The lowest BCUT2D eigenvalue weighted by atomic mass is 9.98. The zero-order chi connectivity index (χ0) is 16.1. The topological polar surface area (TPSA) is 75.4 Å². The van der Waals surface area contributed by atoms with Crippen LogP contribution in [0.25, 0.3) is 0 Å². The number of carbonyl (C=O) groups is 2. The first kappa shape index (κ1) is 16.5. The predicted molar refractivity (Wildman–Crippen MR) is 86.2 cm³/mol. The number of primary amides is 1. The largest absolute Gasteiger partial charge is 0.369 e. The normalized spacial score (nSPS) is 21.7. The molecule has 0 aliphatic carbocycles. The van der Waals surface area contributed by atoms with Gasteiger partial charge in [-0.2, -0.15) is 0 Å². The average Bonchev–Trinajstić information content (AvgIpc) is 2.82. The Labute approximate surface area is 131 Å².